The van der Waals surface area contributed by atoms with Gasteiger partial charge in [0.2, 0.25) is 0 Å². The summed E-state index contributed by atoms with van der Waals surface area (Å²) in [5.41, 5.74) is 13.3. The summed E-state index contributed by atoms with van der Waals surface area (Å²) in [6.07, 6.45) is 0. The Morgan fingerprint density at radius 2 is 2.16 bits per heavy atom. The maximum absolute atomic E-state index is 11.1. The maximum Gasteiger partial charge on any atom is 0.267 e. The van der Waals surface area contributed by atoms with Crippen molar-refractivity contribution in [3.8, 4) is 0 Å². The zero-order valence-corrected chi connectivity index (χ0v) is 10.7. The molecule has 7 heteroatoms. The van der Waals surface area contributed by atoms with Gasteiger partial charge in [-0.15, -0.1) is 0 Å². The van der Waals surface area contributed by atoms with Crippen molar-refractivity contribution in [1.82, 2.24) is 10.1 Å². The highest BCUT2D eigenvalue weighted by atomic mass is 16.5. The Labute approximate surface area is 110 Å². The van der Waals surface area contributed by atoms with Crippen LogP contribution in [0, 0.1) is 13.8 Å². The number of primary amides is 1. The lowest BCUT2D eigenvalue weighted by Gasteiger charge is -2.09. The van der Waals surface area contributed by atoms with Crippen molar-refractivity contribution in [3.63, 3.8) is 0 Å². The van der Waals surface area contributed by atoms with Crippen LogP contribution in [0.3, 0.4) is 0 Å². The Bertz CT molecular complexity index is 601. The van der Waals surface area contributed by atoms with Gasteiger partial charge in [0.25, 0.3) is 5.91 Å². The minimum Gasteiger partial charge on any atom is -0.396 e. The molecule has 1 amide bonds. The molecule has 2 heterocycles. The molecule has 2 aromatic rings. The second kappa shape index (κ2) is 4.97. The highest BCUT2D eigenvalue weighted by molar-refractivity contribution is 5.91. The van der Waals surface area contributed by atoms with Crippen LogP contribution in [0.1, 0.15) is 27.5 Å². The number of hydrogen-bond acceptors (Lipinski definition) is 6. The molecule has 0 saturated carbocycles. The minimum absolute atomic E-state index is 0.162. The van der Waals surface area contributed by atoms with E-state index in [0.29, 0.717) is 18.1 Å². The third kappa shape index (κ3) is 2.65. The molecule has 0 aliphatic carbocycles. The van der Waals surface area contributed by atoms with Crippen LogP contribution in [-0.4, -0.2) is 16.0 Å². The predicted octanol–water partition coefficient (Wildman–Crippen LogP) is 0.980. The van der Waals surface area contributed by atoms with E-state index in [9.17, 15) is 4.79 Å². The molecule has 7 nitrogen and oxygen atoms in total. The maximum atomic E-state index is 11.1. The largest absolute Gasteiger partial charge is 0.396 e. The van der Waals surface area contributed by atoms with Gasteiger partial charge in [0.15, 0.2) is 0 Å². The molecule has 0 radical (unpaired) electrons. The molecule has 19 heavy (non-hydrogen) atoms. The summed E-state index contributed by atoms with van der Waals surface area (Å²) in [4.78, 5) is 15.1. The van der Waals surface area contributed by atoms with Crippen molar-refractivity contribution in [2.45, 2.75) is 20.4 Å². The molecule has 0 atom stereocenters. The van der Waals surface area contributed by atoms with Crippen molar-refractivity contribution in [2.24, 2.45) is 5.73 Å². The number of pyridine rings is 1. The Morgan fingerprint density at radius 1 is 1.42 bits per heavy atom. The van der Waals surface area contributed by atoms with Gasteiger partial charge in [-0.25, -0.2) is 4.98 Å². The normalized spacial score (nSPS) is 10.4. The molecule has 0 unspecified atom stereocenters. The Balaban J connectivity index is 2.20. The second-order valence-electron chi connectivity index (χ2n) is 4.15. The fourth-order valence-corrected chi connectivity index (χ4v) is 1.68. The van der Waals surface area contributed by atoms with Crippen molar-refractivity contribution >= 4 is 17.4 Å². The fraction of sp³-hybridized carbons (Fsp3) is 0.250. The van der Waals surface area contributed by atoms with E-state index in [1.807, 2.05) is 13.8 Å². The summed E-state index contributed by atoms with van der Waals surface area (Å²) in [6, 6.07) is 3.07. The number of rotatable bonds is 4. The number of carbonyl (C=O) groups excluding carboxylic acids is 1. The first-order valence-corrected chi connectivity index (χ1v) is 5.71. The molecule has 0 saturated heterocycles. The lowest BCUT2D eigenvalue weighted by molar-refractivity contribution is 0.0996. The van der Waals surface area contributed by atoms with Crippen LogP contribution >= 0.6 is 0 Å². The van der Waals surface area contributed by atoms with Gasteiger partial charge in [0.05, 0.1) is 11.4 Å². The van der Waals surface area contributed by atoms with Crippen LogP contribution < -0.4 is 16.8 Å². The van der Waals surface area contributed by atoms with Gasteiger partial charge in [-0.3, -0.25) is 4.79 Å². The lowest BCUT2D eigenvalue weighted by atomic mass is 10.2. The van der Waals surface area contributed by atoms with E-state index in [2.05, 4.69) is 15.5 Å². The predicted molar refractivity (Wildman–Crippen MR) is 70.5 cm³/mol. The van der Waals surface area contributed by atoms with Crippen LogP contribution in [0.25, 0.3) is 0 Å². The molecule has 2 rings (SSSR count). The summed E-state index contributed by atoms with van der Waals surface area (Å²) in [5, 5.41) is 6.90. The third-order valence-electron chi connectivity index (χ3n) is 2.79. The van der Waals surface area contributed by atoms with Gasteiger partial charge in [0, 0.05) is 12.1 Å². The van der Waals surface area contributed by atoms with Gasteiger partial charge < -0.3 is 21.3 Å². The van der Waals surface area contributed by atoms with Crippen LogP contribution in [0.15, 0.2) is 16.7 Å². The van der Waals surface area contributed by atoms with E-state index in [0.717, 1.165) is 17.0 Å². The molecular weight excluding hydrogens is 246 g/mol. The standard InChI is InChI=1S/C12H15N5O2/c1-6-8(7(2)19-17-6)5-15-12-9(13)3-4-10(16-12)11(14)18/h3-4H,5,13H2,1-2H3,(H2,14,18)(H,15,16). The fourth-order valence-electron chi connectivity index (χ4n) is 1.68. The smallest absolute Gasteiger partial charge is 0.267 e. The topological polar surface area (TPSA) is 120 Å². The zero-order valence-electron chi connectivity index (χ0n) is 10.7. The number of aromatic nitrogens is 2. The summed E-state index contributed by atoms with van der Waals surface area (Å²) in [7, 11) is 0. The van der Waals surface area contributed by atoms with E-state index >= 15 is 0 Å². The number of amides is 1. The van der Waals surface area contributed by atoms with Crippen LogP contribution in [0.2, 0.25) is 0 Å². The Kier molecular flexibility index (Phi) is 3.37. The molecule has 5 N–H and O–H groups in total. The Morgan fingerprint density at radius 3 is 2.74 bits per heavy atom. The monoisotopic (exact) mass is 261 g/mol. The molecule has 0 aromatic carbocycles. The van der Waals surface area contributed by atoms with Gasteiger partial charge in [-0.05, 0) is 26.0 Å². The minimum atomic E-state index is -0.597. The van der Waals surface area contributed by atoms with Crippen molar-refractivity contribution in [1.29, 1.82) is 0 Å². The van der Waals surface area contributed by atoms with E-state index < -0.39 is 5.91 Å². The molecule has 2 aromatic heterocycles. The van der Waals surface area contributed by atoms with Gasteiger partial charge in [-0.2, -0.15) is 0 Å². The first kappa shape index (κ1) is 12.9. The van der Waals surface area contributed by atoms with E-state index in [-0.39, 0.29) is 5.69 Å². The zero-order chi connectivity index (χ0) is 14.0. The highest BCUT2D eigenvalue weighted by Gasteiger charge is 2.11. The van der Waals surface area contributed by atoms with E-state index in [1.54, 1.807) is 6.07 Å². The number of nitrogens with two attached hydrogens (primary N) is 2. The summed E-state index contributed by atoms with van der Waals surface area (Å²) in [6.45, 7) is 4.14. The first-order chi connectivity index (χ1) is 8.99. The third-order valence-corrected chi connectivity index (χ3v) is 2.79. The van der Waals surface area contributed by atoms with Crippen LogP contribution in [-0.2, 0) is 6.54 Å². The molecule has 0 fully saturated rings. The van der Waals surface area contributed by atoms with Gasteiger partial charge >= 0.3 is 0 Å². The number of nitrogens with zero attached hydrogens (tertiary/aromatic N) is 2. The molecule has 100 valence electrons. The van der Waals surface area contributed by atoms with Gasteiger partial charge in [0.1, 0.15) is 17.3 Å². The number of hydrogen-bond donors (Lipinski definition) is 3. The molecule has 0 spiro atoms. The number of nitrogens with one attached hydrogen (secondary N) is 1. The quantitative estimate of drug-likeness (QED) is 0.754. The van der Waals surface area contributed by atoms with Crippen LogP contribution in [0.4, 0.5) is 11.5 Å². The van der Waals surface area contributed by atoms with Crippen LogP contribution in [0.5, 0.6) is 0 Å². The first-order valence-electron chi connectivity index (χ1n) is 5.71. The SMILES string of the molecule is Cc1noc(C)c1CNc1nc(C(N)=O)ccc1N. The van der Waals surface area contributed by atoms with E-state index in [4.69, 9.17) is 16.0 Å². The number of carbonyl (C=O) groups is 1. The summed E-state index contributed by atoms with van der Waals surface area (Å²) < 4.78 is 5.06. The average Bonchev–Trinajstić information content (AvgIpc) is 2.68. The molecular formula is C12H15N5O2. The van der Waals surface area contributed by atoms with Crippen molar-refractivity contribution in [3.05, 3.63) is 34.8 Å². The second-order valence-corrected chi connectivity index (χ2v) is 4.15. The van der Waals surface area contributed by atoms with E-state index in [1.165, 1.54) is 6.07 Å². The molecule has 0 aliphatic rings. The van der Waals surface area contributed by atoms with Crippen molar-refractivity contribution in [2.75, 3.05) is 11.1 Å². The number of aryl methyl sites for hydroxylation is 2. The molecule has 0 bridgehead atoms. The number of nitrogen functional groups attached to an aromatic ring is 1. The van der Waals surface area contributed by atoms with Crippen molar-refractivity contribution < 1.29 is 9.32 Å². The Hall–Kier alpha value is -2.57. The number of anilines is 2. The summed E-state index contributed by atoms with van der Waals surface area (Å²) >= 11 is 0. The molecule has 0 aliphatic heterocycles. The lowest BCUT2D eigenvalue weighted by Crippen LogP contribution is -2.15. The highest BCUT2D eigenvalue weighted by Crippen LogP contribution is 2.19. The average molecular weight is 261 g/mol. The summed E-state index contributed by atoms with van der Waals surface area (Å²) in [5.74, 6) is 0.548. The van der Waals surface area contributed by atoms with Gasteiger partial charge in [-0.1, -0.05) is 5.16 Å².